The highest BCUT2D eigenvalue weighted by atomic mass is 32.2. The van der Waals surface area contributed by atoms with Crippen LogP contribution in [0, 0.1) is 5.92 Å². The first kappa shape index (κ1) is 16.5. The van der Waals surface area contributed by atoms with Crippen LogP contribution in [0.4, 0.5) is 0 Å². The van der Waals surface area contributed by atoms with Crippen LogP contribution in [-0.2, 0) is 9.59 Å². The predicted molar refractivity (Wildman–Crippen MR) is 89.4 cm³/mol. The van der Waals surface area contributed by atoms with Crippen LogP contribution in [0.5, 0.6) is 5.75 Å². The van der Waals surface area contributed by atoms with E-state index in [9.17, 15) is 19.8 Å². The summed E-state index contributed by atoms with van der Waals surface area (Å²) in [6.45, 7) is 3.45. The van der Waals surface area contributed by atoms with E-state index < -0.39 is 17.9 Å². The molecule has 0 aliphatic carbocycles. The van der Waals surface area contributed by atoms with Gasteiger partial charge in [-0.2, -0.15) is 0 Å². The molecule has 1 aliphatic rings. The quantitative estimate of drug-likeness (QED) is 0.650. The number of aromatic hydroxyl groups is 1. The number of carbonyl (C=O) groups is 2. The van der Waals surface area contributed by atoms with Crippen molar-refractivity contribution in [2.24, 2.45) is 5.92 Å². The lowest BCUT2D eigenvalue weighted by Gasteiger charge is -2.26. The molecular formula is C15H15NO4S2. The maximum Gasteiger partial charge on any atom is 0.327 e. The Kier molecular flexibility index (Phi) is 4.87. The Bertz CT molecular complexity index is 669. The molecule has 0 aromatic heterocycles. The molecule has 5 nitrogen and oxygen atoms in total. The smallest absolute Gasteiger partial charge is 0.327 e. The Morgan fingerprint density at radius 3 is 2.55 bits per heavy atom. The Morgan fingerprint density at radius 2 is 2.00 bits per heavy atom. The average Bonchev–Trinajstić information content (AvgIpc) is 2.69. The lowest BCUT2D eigenvalue weighted by atomic mass is 10.0. The van der Waals surface area contributed by atoms with Crippen LogP contribution in [0.25, 0.3) is 6.08 Å². The summed E-state index contributed by atoms with van der Waals surface area (Å²) in [6.07, 6.45) is 1.52. The normalized spacial score (nSPS) is 18.3. The third kappa shape index (κ3) is 3.15. The summed E-state index contributed by atoms with van der Waals surface area (Å²) in [6, 6.07) is 5.60. The molecule has 116 valence electrons. The van der Waals surface area contributed by atoms with E-state index in [1.807, 2.05) is 0 Å². The van der Waals surface area contributed by atoms with Crippen molar-refractivity contribution < 1.29 is 19.8 Å². The molecule has 7 heteroatoms. The number of hydrogen-bond donors (Lipinski definition) is 2. The molecule has 1 saturated heterocycles. The van der Waals surface area contributed by atoms with Gasteiger partial charge < -0.3 is 10.2 Å². The predicted octanol–water partition coefficient (Wildman–Crippen LogP) is 2.70. The maximum atomic E-state index is 12.5. The number of thiocarbonyl (C=S) groups is 1. The third-order valence-corrected chi connectivity index (χ3v) is 4.54. The van der Waals surface area contributed by atoms with E-state index in [0.29, 0.717) is 10.5 Å². The van der Waals surface area contributed by atoms with Gasteiger partial charge in [-0.1, -0.05) is 56.0 Å². The number of benzene rings is 1. The Balaban J connectivity index is 2.37. The first-order valence-corrected chi connectivity index (χ1v) is 7.83. The minimum atomic E-state index is -1.09. The van der Waals surface area contributed by atoms with E-state index in [2.05, 4.69) is 0 Å². The number of thioether (sulfide) groups is 1. The van der Waals surface area contributed by atoms with Gasteiger partial charge in [0.2, 0.25) is 0 Å². The third-order valence-electron chi connectivity index (χ3n) is 3.21. The standard InChI is InChI=1S/C15H15NO4S2/c1-8(2)12(14(19)20)16-13(18)11(22-15(16)21)7-9-5-3-4-6-10(9)17/h3-8,12,17H,1-2H3,(H,19,20)/b11-7+/t12-/m1/s1. The average molecular weight is 337 g/mol. The molecule has 0 saturated carbocycles. The molecule has 1 heterocycles. The first-order chi connectivity index (χ1) is 10.3. The van der Waals surface area contributed by atoms with Crippen LogP contribution in [0.3, 0.4) is 0 Å². The van der Waals surface area contributed by atoms with Gasteiger partial charge in [0.15, 0.2) is 0 Å². The number of hydrogen-bond acceptors (Lipinski definition) is 5. The molecule has 1 amide bonds. The van der Waals surface area contributed by atoms with Crippen LogP contribution < -0.4 is 0 Å². The molecule has 0 spiro atoms. The van der Waals surface area contributed by atoms with Crippen molar-refractivity contribution in [2.75, 3.05) is 0 Å². The highest BCUT2D eigenvalue weighted by molar-refractivity contribution is 8.26. The van der Waals surface area contributed by atoms with Crippen molar-refractivity contribution >= 4 is 46.3 Å². The van der Waals surface area contributed by atoms with Crippen molar-refractivity contribution in [2.45, 2.75) is 19.9 Å². The molecule has 1 fully saturated rings. The zero-order chi connectivity index (χ0) is 16.4. The summed E-state index contributed by atoms with van der Waals surface area (Å²) in [7, 11) is 0. The van der Waals surface area contributed by atoms with Crippen LogP contribution in [0.15, 0.2) is 29.2 Å². The Hall–Kier alpha value is -1.86. The number of carboxylic acid groups (broad SMARTS) is 1. The zero-order valence-corrected chi connectivity index (χ0v) is 13.6. The van der Waals surface area contributed by atoms with Gasteiger partial charge in [-0.3, -0.25) is 9.69 Å². The molecule has 1 aliphatic heterocycles. The SMILES string of the molecule is CC(C)[C@H](C(=O)O)N1C(=O)/C(=C\c2ccccc2O)SC1=S. The van der Waals surface area contributed by atoms with Gasteiger partial charge in [0.1, 0.15) is 16.1 Å². The van der Waals surface area contributed by atoms with Gasteiger partial charge in [-0.05, 0) is 18.1 Å². The Labute approximate surface area is 137 Å². The van der Waals surface area contributed by atoms with Gasteiger partial charge in [0, 0.05) is 5.56 Å². The van der Waals surface area contributed by atoms with Gasteiger partial charge >= 0.3 is 5.97 Å². The minimum absolute atomic E-state index is 0.0476. The van der Waals surface area contributed by atoms with Crippen molar-refractivity contribution in [1.82, 2.24) is 4.90 Å². The molecule has 0 bridgehead atoms. The molecule has 1 aromatic carbocycles. The zero-order valence-electron chi connectivity index (χ0n) is 12.0. The van der Waals surface area contributed by atoms with E-state index in [1.54, 1.807) is 32.0 Å². The second-order valence-electron chi connectivity index (χ2n) is 5.14. The van der Waals surface area contributed by atoms with Gasteiger partial charge in [0.05, 0.1) is 4.91 Å². The number of nitrogens with zero attached hydrogens (tertiary/aromatic N) is 1. The summed E-state index contributed by atoms with van der Waals surface area (Å²) < 4.78 is 0.216. The molecule has 2 N–H and O–H groups in total. The number of carbonyl (C=O) groups excluding carboxylic acids is 1. The molecule has 1 aromatic rings. The van der Waals surface area contributed by atoms with E-state index in [4.69, 9.17) is 12.2 Å². The topological polar surface area (TPSA) is 77.8 Å². The van der Waals surface area contributed by atoms with E-state index in [1.165, 1.54) is 12.1 Å². The highest BCUT2D eigenvalue weighted by Gasteiger charge is 2.41. The number of para-hydroxylation sites is 1. The maximum absolute atomic E-state index is 12.5. The lowest BCUT2D eigenvalue weighted by molar-refractivity contribution is -0.146. The highest BCUT2D eigenvalue weighted by Crippen LogP contribution is 2.36. The molecule has 0 radical (unpaired) electrons. The van der Waals surface area contributed by atoms with E-state index in [0.717, 1.165) is 16.7 Å². The van der Waals surface area contributed by atoms with Crippen LogP contribution in [0.2, 0.25) is 0 Å². The molecule has 22 heavy (non-hydrogen) atoms. The van der Waals surface area contributed by atoms with Gasteiger partial charge in [0.25, 0.3) is 5.91 Å². The largest absolute Gasteiger partial charge is 0.507 e. The van der Waals surface area contributed by atoms with E-state index in [-0.39, 0.29) is 16.0 Å². The van der Waals surface area contributed by atoms with Crippen LogP contribution >= 0.6 is 24.0 Å². The second-order valence-corrected chi connectivity index (χ2v) is 6.81. The van der Waals surface area contributed by atoms with Gasteiger partial charge in [-0.25, -0.2) is 4.79 Å². The number of amides is 1. The minimum Gasteiger partial charge on any atom is -0.507 e. The van der Waals surface area contributed by atoms with Crippen molar-refractivity contribution in [3.8, 4) is 5.75 Å². The number of phenolic OH excluding ortho intramolecular Hbond substituents is 1. The number of phenols is 1. The molecule has 0 unspecified atom stereocenters. The van der Waals surface area contributed by atoms with E-state index >= 15 is 0 Å². The summed E-state index contributed by atoms with van der Waals surface area (Å²) in [4.78, 5) is 25.3. The number of rotatable bonds is 4. The summed E-state index contributed by atoms with van der Waals surface area (Å²) in [5.74, 6) is -1.76. The fourth-order valence-corrected chi connectivity index (χ4v) is 3.48. The number of carboxylic acids is 1. The Morgan fingerprint density at radius 1 is 1.36 bits per heavy atom. The first-order valence-electron chi connectivity index (χ1n) is 6.60. The molecule has 1 atom stereocenters. The lowest BCUT2D eigenvalue weighted by Crippen LogP contribution is -2.47. The monoisotopic (exact) mass is 337 g/mol. The summed E-state index contributed by atoms with van der Waals surface area (Å²) in [5.41, 5.74) is 0.486. The van der Waals surface area contributed by atoms with Gasteiger partial charge in [-0.15, -0.1) is 0 Å². The van der Waals surface area contributed by atoms with Crippen molar-refractivity contribution in [3.63, 3.8) is 0 Å². The molecular weight excluding hydrogens is 322 g/mol. The van der Waals surface area contributed by atoms with Crippen LogP contribution in [-0.4, -0.2) is 37.4 Å². The van der Waals surface area contributed by atoms with Crippen molar-refractivity contribution in [1.29, 1.82) is 0 Å². The summed E-state index contributed by atoms with van der Waals surface area (Å²) >= 11 is 6.20. The summed E-state index contributed by atoms with van der Waals surface area (Å²) in [5, 5.41) is 19.1. The molecule has 2 rings (SSSR count). The number of aliphatic carboxylic acids is 1. The van der Waals surface area contributed by atoms with Crippen molar-refractivity contribution in [3.05, 3.63) is 34.7 Å². The fourth-order valence-electron chi connectivity index (χ4n) is 2.16. The fraction of sp³-hybridized carbons (Fsp3) is 0.267. The van der Waals surface area contributed by atoms with Crippen LogP contribution in [0.1, 0.15) is 19.4 Å². The second kappa shape index (κ2) is 6.50.